The summed E-state index contributed by atoms with van der Waals surface area (Å²) in [6, 6.07) is 7.88. The van der Waals surface area contributed by atoms with Crippen molar-refractivity contribution < 1.29 is 9.53 Å². The highest BCUT2D eigenvalue weighted by molar-refractivity contribution is 14.0. The predicted molar refractivity (Wildman–Crippen MR) is 125 cm³/mol. The molecule has 0 spiro atoms. The highest BCUT2D eigenvalue weighted by Gasteiger charge is 2.19. The van der Waals surface area contributed by atoms with Gasteiger partial charge in [-0.2, -0.15) is 0 Å². The summed E-state index contributed by atoms with van der Waals surface area (Å²) < 4.78 is 5.47. The second-order valence-corrected chi connectivity index (χ2v) is 7.26. The Balaban J connectivity index is 0.00000392. The molecule has 1 fully saturated rings. The van der Waals surface area contributed by atoms with Gasteiger partial charge in [0.1, 0.15) is 0 Å². The van der Waals surface area contributed by atoms with Crippen molar-refractivity contribution in [3.63, 3.8) is 0 Å². The second-order valence-electron chi connectivity index (χ2n) is 7.26. The lowest BCUT2D eigenvalue weighted by atomic mass is 10.1. The van der Waals surface area contributed by atoms with Gasteiger partial charge in [0.15, 0.2) is 5.96 Å². The van der Waals surface area contributed by atoms with E-state index in [1.807, 2.05) is 31.2 Å². The van der Waals surface area contributed by atoms with E-state index in [2.05, 4.69) is 36.4 Å². The van der Waals surface area contributed by atoms with Crippen LogP contribution in [0.2, 0.25) is 0 Å². The van der Waals surface area contributed by atoms with E-state index in [4.69, 9.17) is 9.73 Å². The van der Waals surface area contributed by atoms with E-state index in [0.717, 1.165) is 50.7 Å². The Morgan fingerprint density at radius 3 is 2.82 bits per heavy atom. The van der Waals surface area contributed by atoms with Crippen LogP contribution in [0.5, 0.6) is 0 Å². The highest BCUT2D eigenvalue weighted by atomic mass is 127. The summed E-state index contributed by atoms with van der Waals surface area (Å²) in [4.78, 5) is 19.3. The highest BCUT2D eigenvalue weighted by Crippen LogP contribution is 2.13. The quantitative estimate of drug-likeness (QED) is 0.326. The summed E-state index contributed by atoms with van der Waals surface area (Å²) >= 11 is 0. The maximum atomic E-state index is 12.3. The van der Waals surface area contributed by atoms with Crippen LogP contribution in [0.15, 0.2) is 29.3 Å². The number of rotatable bonds is 8. The fourth-order valence-corrected chi connectivity index (χ4v) is 3.06. The van der Waals surface area contributed by atoms with Crippen LogP contribution in [-0.2, 0) is 11.3 Å². The number of amides is 1. The van der Waals surface area contributed by atoms with Crippen molar-refractivity contribution in [1.29, 1.82) is 0 Å². The van der Waals surface area contributed by atoms with Crippen molar-refractivity contribution in [2.75, 3.05) is 33.4 Å². The van der Waals surface area contributed by atoms with E-state index in [0.29, 0.717) is 18.0 Å². The first-order valence-corrected chi connectivity index (χ1v) is 10.0. The lowest BCUT2D eigenvalue weighted by molar-refractivity contribution is 0.0939. The number of guanidine groups is 1. The third-order valence-corrected chi connectivity index (χ3v) is 4.84. The van der Waals surface area contributed by atoms with Crippen molar-refractivity contribution >= 4 is 35.8 Å². The smallest absolute Gasteiger partial charge is 0.251 e. The molecular formula is C21H35IN4O2. The molecule has 2 rings (SSSR count). The summed E-state index contributed by atoms with van der Waals surface area (Å²) in [5, 5.41) is 6.36. The van der Waals surface area contributed by atoms with Gasteiger partial charge < -0.3 is 20.3 Å². The fourth-order valence-electron chi connectivity index (χ4n) is 3.06. The minimum absolute atomic E-state index is 0. The van der Waals surface area contributed by atoms with Crippen molar-refractivity contribution in [3.8, 4) is 0 Å². The molecule has 1 aliphatic rings. The van der Waals surface area contributed by atoms with Crippen LogP contribution in [0.4, 0.5) is 0 Å². The van der Waals surface area contributed by atoms with E-state index in [1.54, 1.807) is 0 Å². The number of hydrogen-bond donors (Lipinski definition) is 2. The molecule has 1 aromatic carbocycles. The number of carbonyl (C=O) groups excluding carboxylic acids is 1. The summed E-state index contributed by atoms with van der Waals surface area (Å²) in [5.74, 6) is 1.42. The zero-order chi connectivity index (χ0) is 19.6. The Labute approximate surface area is 186 Å². The summed E-state index contributed by atoms with van der Waals surface area (Å²) in [7, 11) is 2.07. The molecule has 0 aliphatic carbocycles. The Bertz CT molecular complexity index is 633. The van der Waals surface area contributed by atoms with Crippen molar-refractivity contribution in [1.82, 2.24) is 15.5 Å². The maximum absolute atomic E-state index is 12.3. The zero-order valence-electron chi connectivity index (χ0n) is 17.5. The van der Waals surface area contributed by atoms with Crippen LogP contribution >= 0.6 is 24.0 Å². The van der Waals surface area contributed by atoms with Gasteiger partial charge in [-0.05, 0) is 44.4 Å². The van der Waals surface area contributed by atoms with Gasteiger partial charge in [0.2, 0.25) is 0 Å². The number of halogens is 1. The van der Waals surface area contributed by atoms with Crippen LogP contribution < -0.4 is 10.6 Å². The van der Waals surface area contributed by atoms with Gasteiger partial charge in [-0.15, -0.1) is 24.0 Å². The van der Waals surface area contributed by atoms with Gasteiger partial charge in [-0.25, -0.2) is 4.99 Å². The Morgan fingerprint density at radius 1 is 1.39 bits per heavy atom. The Kier molecular flexibility index (Phi) is 11.4. The summed E-state index contributed by atoms with van der Waals surface area (Å²) in [6.45, 7) is 10.1. The predicted octanol–water partition coefficient (Wildman–Crippen LogP) is 3.27. The second kappa shape index (κ2) is 13.0. The minimum atomic E-state index is -0.0274. The normalized spacial score (nSPS) is 17.6. The molecule has 2 unspecified atom stereocenters. The molecule has 1 saturated heterocycles. The maximum Gasteiger partial charge on any atom is 0.251 e. The molecule has 1 amide bonds. The number of ether oxygens (including phenoxy) is 1. The standard InChI is InChI=1S/C21H34N4O2.HI/c1-5-16(3)24-20(26)19-9-7-8-17(12-19)13-23-21(22-6-2)25(4)14-18-10-11-27-15-18;/h7-9,12,16,18H,5-6,10-11,13-15H2,1-4H3,(H,22,23)(H,24,26);1H. The average Bonchev–Trinajstić information content (AvgIpc) is 3.18. The number of benzene rings is 1. The molecule has 28 heavy (non-hydrogen) atoms. The molecule has 1 aliphatic heterocycles. The van der Waals surface area contributed by atoms with E-state index in [1.165, 1.54) is 0 Å². The Hall–Kier alpha value is -1.35. The summed E-state index contributed by atoms with van der Waals surface area (Å²) in [5.41, 5.74) is 1.71. The molecule has 158 valence electrons. The third kappa shape index (κ3) is 7.95. The molecule has 0 radical (unpaired) electrons. The van der Waals surface area contributed by atoms with E-state index < -0.39 is 0 Å². The van der Waals surface area contributed by atoms with Gasteiger partial charge in [0, 0.05) is 44.3 Å². The first kappa shape index (κ1) is 24.7. The molecule has 0 saturated carbocycles. The molecule has 0 aromatic heterocycles. The van der Waals surface area contributed by atoms with Crippen molar-refractivity contribution in [2.45, 2.75) is 46.2 Å². The molecule has 7 heteroatoms. The van der Waals surface area contributed by atoms with Crippen molar-refractivity contribution in [3.05, 3.63) is 35.4 Å². The number of aliphatic imine (C=N–C) groups is 1. The first-order valence-electron chi connectivity index (χ1n) is 10.0. The molecular weight excluding hydrogens is 467 g/mol. The fraction of sp³-hybridized carbons (Fsp3) is 0.619. The van der Waals surface area contributed by atoms with Crippen molar-refractivity contribution in [2.24, 2.45) is 10.9 Å². The molecule has 0 bridgehead atoms. The average molecular weight is 502 g/mol. The van der Waals surface area contributed by atoms with E-state index in [9.17, 15) is 4.79 Å². The largest absolute Gasteiger partial charge is 0.381 e. The van der Waals surface area contributed by atoms with E-state index in [-0.39, 0.29) is 35.9 Å². The van der Waals surface area contributed by atoms with Gasteiger partial charge in [-0.1, -0.05) is 19.1 Å². The molecule has 2 N–H and O–H groups in total. The van der Waals surface area contributed by atoms with Gasteiger partial charge in [0.25, 0.3) is 5.91 Å². The van der Waals surface area contributed by atoms with Gasteiger partial charge in [-0.3, -0.25) is 4.79 Å². The molecule has 2 atom stereocenters. The lowest BCUT2D eigenvalue weighted by Gasteiger charge is -2.24. The number of hydrogen-bond acceptors (Lipinski definition) is 3. The van der Waals surface area contributed by atoms with Gasteiger partial charge in [0.05, 0.1) is 13.2 Å². The number of carbonyl (C=O) groups is 1. The molecule has 6 nitrogen and oxygen atoms in total. The van der Waals surface area contributed by atoms with Crippen LogP contribution in [-0.4, -0.2) is 56.2 Å². The number of nitrogens with zero attached hydrogens (tertiary/aromatic N) is 2. The first-order chi connectivity index (χ1) is 13.0. The van der Waals surface area contributed by atoms with E-state index >= 15 is 0 Å². The minimum Gasteiger partial charge on any atom is -0.381 e. The Morgan fingerprint density at radius 2 is 2.18 bits per heavy atom. The monoisotopic (exact) mass is 502 g/mol. The number of nitrogens with one attached hydrogen (secondary N) is 2. The van der Waals surface area contributed by atoms with Crippen LogP contribution in [0.25, 0.3) is 0 Å². The molecule has 1 heterocycles. The van der Waals surface area contributed by atoms with Gasteiger partial charge >= 0.3 is 0 Å². The lowest BCUT2D eigenvalue weighted by Crippen LogP contribution is -2.41. The third-order valence-electron chi connectivity index (χ3n) is 4.84. The van der Waals surface area contributed by atoms with Crippen LogP contribution in [0.3, 0.4) is 0 Å². The summed E-state index contributed by atoms with van der Waals surface area (Å²) in [6.07, 6.45) is 2.03. The van der Waals surface area contributed by atoms with Crippen LogP contribution in [0.1, 0.15) is 49.5 Å². The topological polar surface area (TPSA) is 66.0 Å². The van der Waals surface area contributed by atoms with Crippen LogP contribution in [0, 0.1) is 5.92 Å². The zero-order valence-corrected chi connectivity index (χ0v) is 19.9. The SMILES string of the molecule is CCNC(=NCc1cccc(C(=O)NC(C)CC)c1)N(C)CC1CCOC1.I. The molecule has 1 aromatic rings.